The molecule has 5 nitrogen and oxygen atoms in total. The lowest BCUT2D eigenvalue weighted by molar-refractivity contribution is -0.0322. The van der Waals surface area contributed by atoms with E-state index in [9.17, 15) is 15.3 Å². The minimum atomic E-state index is -0.910. The van der Waals surface area contributed by atoms with Gasteiger partial charge in [0.1, 0.15) is 17.2 Å². The van der Waals surface area contributed by atoms with E-state index in [1.165, 1.54) is 6.07 Å². The van der Waals surface area contributed by atoms with E-state index in [1.54, 1.807) is 14.0 Å². The molecule has 0 unspecified atom stereocenters. The van der Waals surface area contributed by atoms with Crippen LogP contribution in [0.5, 0.6) is 17.2 Å². The fourth-order valence-electron chi connectivity index (χ4n) is 1.97. The summed E-state index contributed by atoms with van der Waals surface area (Å²) in [6.07, 6.45) is 0.0202. The Balaban J connectivity index is 2.66. The largest absolute Gasteiger partial charge is 0.507 e. The fraction of sp³-hybridized carbons (Fsp3) is 0.417. The van der Waals surface area contributed by atoms with Crippen molar-refractivity contribution in [2.45, 2.75) is 26.1 Å². The number of aliphatic hydroxyl groups is 1. The molecule has 0 radical (unpaired) electrons. The summed E-state index contributed by atoms with van der Waals surface area (Å²) in [6, 6.07) is 1.28. The molecule has 1 aliphatic rings. The van der Waals surface area contributed by atoms with Crippen LogP contribution in [0.25, 0.3) is 0 Å². The molecule has 1 heterocycles. The molecular formula is C12H15NO4. The lowest BCUT2D eigenvalue weighted by Gasteiger charge is -2.25. The third kappa shape index (κ3) is 1.93. The molecule has 0 aromatic heterocycles. The van der Waals surface area contributed by atoms with Gasteiger partial charge >= 0.3 is 0 Å². The number of hydrogen-bond acceptors (Lipinski definition) is 5. The number of phenolic OH excluding ortho intramolecular Hbond substituents is 2. The molecule has 1 atom stereocenters. The Morgan fingerprint density at radius 2 is 2.12 bits per heavy atom. The molecule has 0 amide bonds. The van der Waals surface area contributed by atoms with Crippen molar-refractivity contribution in [3.63, 3.8) is 0 Å². The molecule has 17 heavy (non-hydrogen) atoms. The number of benzene rings is 1. The molecule has 92 valence electrons. The first kappa shape index (κ1) is 11.7. The van der Waals surface area contributed by atoms with Crippen LogP contribution in [0.2, 0.25) is 0 Å². The molecule has 0 saturated heterocycles. The van der Waals surface area contributed by atoms with Crippen molar-refractivity contribution >= 4 is 5.71 Å². The summed E-state index contributed by atoms with van der Waals surface area (Å²) in [7, 11) is 1.60. The summed E-state index contributed by atoms with van der Waals surface area (Å²) in [5.74, 6) is 0.208. The van der Waals surface area contributed by atoms with Crippen molar-refractivity contribution in [2.24, 2.45) is 4.99 Å². The maximum Gasteiger partial charge on any atom is 0.197 e. The zero-order chi connectivity index (χ0) is 12.6. The number of hydrogen-bond donors (Lipinski definition) is 3. The highest BCUT2D eigenvalue weighted by Crippen LogP contribution is 2.42. The standard InChI is InChI=1S/C12H15NO4/c1-6(13-2)11-9(15)5-8(14)7-3-4-10(16)17-12(7)11/h5,10,14-16H,3-4H2,1-2H3/t10-/m0/s1. The Morgan fingerprint density at radius 1 is 1.41 bits per heavy atom. The van der Waals surface area contributed by atoms with Gasteiger partial charge < -0.3 is 20.1 Å². The number of aliphatic imine (C=N–C) groups is 1. The van der Waals surface area contributed by atoms with Crippen LogP contribution in [0.3, 0.4) is 0 Å². The Kier molecular flexibility index (Phi) is 2.93. The van der Waals surface area contributed by atoms with Gasteiger partial charge in [-0.2, -0.15) is 0 Å². The summed E-state index contributed by atoms with van der Waals surface area (Å²) >= 11 is 0. The van der Waals surface area contributed by atoms with E-state index < -0.39 is 6.29 Å². The number of phenols is 2. The molecule has 0 fully saturated rings. The van der Waals surface area contributed by atoms with Crippen molar-refractivity contribution in [2.75, 3.05) is 7.05 Å². The van der Waals surface area contributed by atoms with Gasteiger partial charge in [0.2, 0.25) is 0 Å². The smallest absolute Gasteiger partial charge is 0.197 e. The molecule has 1 aromatic rings. The highest BCUT2D eigenvalue weighted by molar-refractivity contribution is 6.04. The third-order valence-corrected chi connectivity index (χ3v) is 2.93. The van der Waals surface area contributed by atoms with Crippen LogP contribution in [0, 0.1) is 0 Å². The van der Waals surface area contributed by atoms with E-state index in [1.807, 2.05) is 0 Å². The zero-order valence-electron chi connectivity index (χ0n) is 9.77. The van der Waals surface area contributed by atoms with Crippen LogP contribution in [-0.4, -0.2) is 34.4 Å². The Bertz CT molecular complexity index is 482. The lowest BCUT2D eigenvalue weighted by Crippen LogP contribution is -2.23. The first-order chi connectivity index (χ1) is 8.04. The first-order valence-corrected chi connectivity index (χ1v) is 5.41. The van der Waals surface area contributed by atoms with E-state index in [0.717, 1.165) is 0 Å². The fourth-order valence-corrected chi connectivity index (χ4v) is 1.97. The number of ether oxygens (including phenoxy) is 1. The van der Waals surface area contributed by atoms with Crippen LogP contribution >= 0.6 is 0 Å². The zero-order valence-corrected chi connectivity index (χ0v) is 9.77. The van der Waals surface area contributed by atoms with E-state index >= 15 is 0 Å². The Labute approximate surface area is 99.0 Å². The van der Waals surface area contributed by atoms with Crippen molar-refractivity contribution in [1.29, 1.82) is 0 Å². The lowest BCUT2D eigenvalue weighted by atomic mass is 9.97. The predicted molar refractivity (Wildman–Crippen MR) is 62.9 cm³/mol. The van der Waals surface area contributed by atoms with Crippen molar-refractivity contribution in [1.82, 2.24) is 0 Å². The van der Waals surface area contributed by atoms with Gasteiger partial charge in [-0.05, 0) is 13.3 Å². The quantitative estimate of drug-likeness (QED) is 0.640. The van der Waals surface area contributed by atoms with Crippen molar-refractivity contribution in [3.05, 3.63) is 17.2 Å². The van der Waals surface area contributed by atoms with E-state index in [0.29, 0.717) is 35.4 Å². The minimum absolute atomic E-state index is 0.0166. The normalized spacial score (nSPS) is 19.7. The average molecular weight is 237 g/mol. The number of nitrogens with zero attached hydrogens (tertiary/aromatic N) is 1. The van der Waals surface area contributed by atoms with E-state index in [4.69, 9.17) is 4.74 Å². The molecular weight excluding hydrogens is 222 g/mol. The summed E-state index contributed by atoms with van der Waals surface area (Å²) in [5, 5.41) is 29.1. The molecule has 1 aromatic carbocycles. The molecule has 1 aliphatic heterocycles. The number of fused-ring (bicyclic) bond motifs is 1. The summed E-state index contributed by atoms with van der Waals surface area (Å²) in [5.41, 5.74) is 1.62. The number of aromatic hydroxyl groups is 2. The summed E-state index contributed by atoms with van der Waals surface area (Å²) in [4.78, 5) is 4.00. The van der Waals surface area contributed by atoms with Crippen LogP contribution in [-0.2, 0) is 6.42 Å². The number of rotatable bonds is 1. The van der Waals surface area contributed by atoms with Crippen LogP contribution < -0.4 is 4.74 Å². The van der Waals surface area contributed by atoms with Gasteiger partial charge in [-0.15, -0.1) is 0 Å². The molecule has 0 spiro atoms. The second kappa shape index (κ2) is 4.25. The van der Waals surface area contributed by atoms with Crippen LogP contribution in [0.15, 0.2) is 11.1 Å². The molecule has 0 bridgehead atoms. The van der Waals surface area contributed by atoms with Gasteiger partial charge in [0, 0.05) is 30.8 Å². The molecule has 3 N–H and O–H groups in total. The second-order valence-corrected chi connectivity index (χ2v) is 4.02. The first-order valence-electron chi connectivity index (χ1n) is 5.41. The SMILES string of the molecule is CN=C(C)c1c(O)cc(O)c2c1O[C@H](O)CC2. The van der Waals surface area contributed by atoms with Crippen molar-refractivity contribution < 1.29 is 20.1 Å². The van der Waals surface area contributed by atoms with Gasteiger partial charge in [0.25, 0.3) is 0 Å². The second-order valence-electron chi connectivity index (χ2n) is 4.02. The van der Waals surface area contributed by atoms with Gasteiger partial charge in [-0.3, -0.25) is 4.99 Å². The highest BCUT2D eigenvalue weighted by atomic mass is 16.6. The maximum atomic E-state index is 9.83. The topological polar surface area (TPSA) is 82.3 Å². The maximum absolute atomic E-state index is 9.83. The molecule has 0 saturated carbocycles. The predicted octanol–water partition coefficient (Wildman–Crippen LogP) is 1.18. The Morgan fingerprint density at radius 3 is 2.76 bits per heavy atom. The third-order valence-electron chi connectivity index (χ3n) is 2.93. The number of aliphatic hydroxyl groups excluding tert-OH is 1. The van der Waals surface area contributed by atoms with E-state index in [2.05, 4.69) is 4.99 Å². The average Bonchev–Trinajstić information content (AvgIpc) is 2.28. The van der Waals surface area contributed by atoms with Gasteiger partial charge in [0.05, 0.1) is 5.56 Å². The molecule has 2 rings (SSSR count). The van der Waals surface area contributed by atoms with Gasteiger partial charge in [0.15, 0.2) is 6.29 Å². The van der Waals surface area contributed by atoms with Crippen molar-refractivity contribution in [3.8, 4) is 17.2 Å². The monoisotopic (exact) mass is 237 g/mol. The van der Waals surface area contributed by atoms with Gasteiger partial charge in [-0.1, -0.05) is 0 Å². The van der Waals surface area contributed by atoms with E-state index in [-0.39, 0.29) is 11.5 Å². The minimum Gasteiger partial charge on any atom is -0.507 e. The summed E-state index contributed by atoms with van der Waals surface area (Å²) in [6.45, 7) is 1.73. The molecule has 0 aliphatic carbocycles. The van der Waals surface area contributed by atoms with Crippen LogP contribution in [0.1, 0.15) is 24.5 Å². The molecule has 5 heteroatoms. The highest BCUT2D eigenvalue weighted by Gasteiger charge is 2.26. The Hall–Kier alpha value is -1.75. The van der Waals surface area contributed by atoms with Gasteiger partial charge in [-0.25, -0.2) is 0 Å². The van der Waals surface area contributed by atoms with Crippen LogP contribution in [0.4, 0.5) is 0 Å². The summed E-state index contributed by atoms with van der Waals surface area (Å²) < 4.78 is 5.30.